The van der Waals surface area contributed by atoms with E-state index < -0.39 is 6.04 Å². The van der Waals surface area contributed by atoms with E-state index in [-0.39, 0.29) is 30.8 Å². The number of hydrogen-bond donors (Lipinski definition) is 1. The zero-order chi connectivity index (χ0) is 25.3. The first-order chi connectivity index (χ1) is 17.6. The Bertz CT molecular complexity index is 1120. The van der Waals surface area contributed by atoms with Crippen molar-refractivity contribution in [3.8, 4) is 11.5 Å². The van der Waals surface area contributed by atoms with Crippen LogP contribution >= 0.6 is 11.3 Å². The van der Waals surface area contributed by atoms with Crippen molar-refractivity contribution in [2.75, 3.05) is 14.2 Å². The summed E-state index contributed by atoms with van der Waals surface area (Å²) in [5.41, 5.74) is 1.60. The van der Waals surface area contributed by atoms with Crippen LogP contribution in [0.2, 0.25) is 0 Å². The van der Waals surface area contributed by atoms with Gasteiger partial charge in [0.2, 0.25) is 11.8 Å². The highest BCUT2D eigenvalue weighted by molar-refractivity contribution is 7.10. The number of amides is 2. The Hall–Kier alpha value is -3.32. The number of carbonyl (C=O) groups is 2. The van der Waals surface area contributed by atoms with Crippen molar-refractivity contribution in [2.45, 2.75) is 57.2 Å². The van der Waals surface area contributed by atoms with Gasteiger partial charge in [-0.2, -0.15) is 0 Å². The molecule has 4 rings (SSSR count). The summed E-state index contributed by atoms with van der Waals surface area (Å²) in [6.07, 6.45) is 5.60. The van der Waals surface area contributed by atoms with Gasteiger partial charge in [0.15, 0.2) is 0 Å². The summed E-state index contributed by atoms with van der Waals surface area (Å²) < 4.78 is 10.9. The van der Waals surface area contributed by atoms with Crippen LogP contribution in [0.4, 0.5) is 0 Å². The van der Waals surface area contributed by atoms with E-state index in [4.69, 9.17) is 9.47 Å². The van der Waals surface area contributed by atoms with Gasteiger partial charge in [-0.25, -0.2) is 0 Å². The minimum Gasteiger partial charge on any atom is -0.497 e. The second-order valence-electron chi connectivity index (χ2n) is 9.11. The Morgan fingerprint density at radius 3 is 2.39 bits per heavy atom. The number of nitrogens with one attached hydrogen (secondary N) is 1. The van der Waals surface area contributed by atoms with E-state index in [1.165, 1.54) is 6.42 Å². The molecule has 0 spiro atoms. The summed E-state index contributed by atoms with van der Waals surface area (Å²) in [6, 6.07) is 18.3. The summed E-state index contributed by atoms with van der Waals surface area (Å²) in [5.74, 6) is 1.13. The van der Waals surface area contributed by atoms with Crippen LogP contribution in [-0.4, -0.2) is 37.0 Å². The summed E-state index contributed by atoms with van der Waals surface area (Å²) in [7, 11) is 3.23. The molecular weight excluding hydrogens is 472 g/mol. The average molecular weight is 507 g/mol. The van der Waals surface area contributed by atoms with Crippen LogP contribution < -0.4 is 14.8 Å². The van der Waals surface area contributed by atoms with Gasteiger partial charge in [-0.3, -0.25) is 9.59 Å². The average Bonchev–Trinajstić information content (AvgIpc) is 3.42. The molecule has 1 aliphatic rings. The van der Waals surface area contributed by atoms with Crippen LogP contribution in [0.25, 0.3) is 0 Å². The molecule has 0 aliphatic heterocycles. The lowest BCUT2D eigenvalue weighted by Crippen LogP contribution is -2.47. The molecule has 2 amide bonds. The van der Waals surface area contributed by atoms with E-state index in [1.54, 1.807) is 30.5 Å². The van der Waals surface area contributed by atoms with Gasteiger partial charge in [-0.1, -0.05) is 55.7 Å². The largest absolute Gasteiger partial charge is 0.497 e. The molecule has 0 saturated heterocycles. The minimum absolute atomic E-state index is 0.108. The predicted molar refractivity (Wildman–Crippen MR) is 142 cm³/mol. The molecule has 0 bridgehead atoms. The fourth-order valence-electron chi connectivity index (χ4n) is 4.79. The van der Waals surface area contributed by atoms with Gasteiger partial charge in [-0.15, -0.1) is 11.3 Å². The Balaban J connectivity index is 1.72. The van der Waals surface area contributed by atoms with Crippen LogP contribution in [0.15, 0.2) is 66.0 Å². The molecule has 1 heterocycles. The molecule has 1 fully saturated rings. The third kappa shape index (κ3) is 6.46. The van der Waals surface area contributed by atoms with Crippen molar-refractivity contribution in [2.24, 2.45) is 0 Å². The molecule has 1 aromatic heterocycles. The van der Waals surface area contributed by atoms with Crippen LogP contribution in [0.1, 0.15) is 54.1 Å². The first-order valence-electron chi connectivity index (χ1n) is 12.5. The summed E-state index contributed by atoms with van der Waals surface area (Å²) in [5, 5.41) is 5.22. The molecular formula is C29H34N2O4S. The maximum absolute atomic E-state index is 13.9. The number of thiophene rings is 1. The van der Waals surface area contributed by atoms with Crippen molar-refractivity contribution in [3.63, 3.8) is 0 Å². The number of ether oxygens (including phenoxy) is 2. The fourth-order valence-corrected chi connectivity index (χ4v) is 5.49. The molecule has 1 aliphatic carbocycles. The Labute approximate surface area is 217 Å². The number of nitrogens with zero attached hydrogens (tertiary/aromatic N) is 1. The molecule has 1 unspecified atom stereocenters. The first-order valence-corrected chi connectivity index (χ1v) is 13.3. The summed E-state index contributed by atoms with van der Waals surface area (Å²) >= 11 is 1.54. The first kappa shape index (κ1) is 25.8. The van der Waals surface area contributed by atoms with Gasteiger partial charge in [0.1, 0.15) is 17.5 Å². The Morgan fingerprint density at radius 1 is 0.972 bits per heavy atom. The maximum Gasteiger partial charge on any atom is 0.247 e. The number of benzene rings is 2. The van der Waals surface area contributed by atoms with Gasteiger partial charge >= 0.3 is 0 Å². The van der Waals surface area contributed by atoms with Gasteiger partial charge < -0.3 is 19.7 Å². The van der Waals surface area contributed by atoms with Crippen molar-refractivity contribution in [1.29, 1.82) is 0 Å². The number of methoxy groups -OCH3 is 2. The van der Waals surface area contributed by atoms with E-state index in [0.29, 0.717) is 11.5 Å². The van der Waals surface area contributed by atoms with Crippen molar-refractivity contribution < 1.29 is 19.1 Å². The lowest BCUT2D eigenvalue weighted by molar-refractivity contribution is -0.141. The zero-order valence-corrected chi connectivity index (χ0v) is 21.8. The number of carbonyl (C=O) groups excluding carboxylic acids is 2. The van der Waals surface area contributed by atoms with Crippen molar-refractivity contribution in [3.05, 3.63) is 82.0 Å². The second kappa shape index (κ2) is 12.6. The van der Waals surface area contributed by atoms with Crippen LogP contribution in [0, 0.1) is 0 Å². The molecule has 0 radical (unpaired) electrons. The Morgan fingerprint density at radius 2 is 1.72 bits per heavy atom. The highest BCUT2D eigenvalue weighted by atomic mass is 32.1. The molecule has 1 saturated carbocycles. The smallest absolute Gasteiger partial charge is 0.247 e. The SMILES string of the molecule is COc1ccc(C(C(=O)NC2CCCCC2)N(Cc2ccccc2OC)C(=O)Cc2cccs2)cc1. The van der Waals surface area contributed by atoms with Crippen molar-refractivity contribution in [1.82, 2.24) is 10.2 Å². The lowest BCUT2D eigenvalue weighted by atomic mass is 9.94. The predicted octanol–water partition coefficient (Wildman–Crippen LogP) is 5.53. The molecule has 2 aromatic carbocycles. The van der Waals surface area contributed by atoms with Gasteiger partial charge in [0.05, 0.1) is 27.2 Å². The highest BCUT2D eigenvalue weighted by Crippen LogP contribution is 2.30. The normalized spacial score (nSPS) is 14.6. The molecule has 36 heavy (non-hydrogen) atoms. The topological polar surface area (TPSA) is 67.9 Å². The zero-order valence-electron chi connectivity index (χ0n) is 20.9. The molecule has 1 atom stereocenters. The van der Waals surface area contributed by atoms with Gasteiger partial charge in [0, 0.05) is 16.5 Å². The van der Waals surface area contributed by atoms with Crippen LogP contribution in [0.5, 0.6) is 11.5 Å². The Kier molecular flexibility index (Phi) is 9.01. The quantitative estimate of drug-likeness (QED) is 0.393. The number of hydrogen-bond acceptors (Lipinski definition) is 5. The third-order valence-electron chi connectivity index (χ3n) is 6.70. The monoisotopic (exact) mass is 506 g/mol. The second-order valence-corrected chi connectivity index (χ2v) is 10.1. The maximum atomic E-state index is 13.9. The fraction of sp³-hybridized carbons (Fsp3) is 0.379. The van der Waals surface area contributed by atoms with E-state index in [0.717, 1.165) is 41.7 Å². The highest BCUT2D eigenvalue weighted by Gasteiger charge is 2.33. The molecule has 190 valence electrons. The van der Waals surface area contributed by atoms with Crippen LogP contribution in [-0.2, 0) is 22.6 Å². The lowest BCUT2D eigenvalue weighted by Gasteiger charge is -2.34. The van der Waals surface area contributed by atoms with Gasteiger partial charge in [-0.05, 0) is 48.1 Å². The van der Waals surface area contributed by atoms with E-state index >= 15 is 0 Å². The summed E-state index contributed by atoms with van der Waals surface area (Å²) in [6.45, 7) is 0.253. The van der Waals surface area contributed by atoms with E-state index in [9.17, 15) is 9.59 Å². The van der Waals surface area contributed by atoms with E-state index in [1.807, 2.05) is 66.0 Å². The number of rotatable bonds is 10. The standard InChI is InChI=1S/C29H34N2O4S/c1-34-24-16-14-21(15-17-24)28(29(33)30-23-10-4-3-5-11-23)31(27(32)19-25-12-8-18-36-25)20-22-9-6-7-13-26(22)35-2/h6-9,12-18,23,28H,3-5,10-11,19-20H2,1-2H3,(H,30,33). The van der Waals surface area contributed by atoms with Crippen LogP contribution in [0.3, 0.4) is 0 Å². The third-order valence-corrected chi connectivity index (χ3v) is 7.58. The summed E-state index contributed by atoms with van der Waals surface area (Å²) in [4.78, 5) is 30.4. The van der Waals surface area contributed by atoms with Crippen molar-refractivity contribution >= 4 is 23.2 Å². The van der Waals surface area contributed by atoms with E-state index in [2.05, 4.69) is 5.32 Å². The molecule has 7 heteroatoms. The molecule has 1 N–H and O–H groups in total. The number of para-hydroxylation sites is 1. The minimum atomic E-state index is -0.782. The molecule has 3 aromatic rings. The molecule has 6 nitrogen and oxygen atoms in total. The van der Waals surface area contributed by atoms with Gasteiger partial charge in [0.25, 0.3) is 0 Å².